The molecule has 1 saturated heterocycles. The molecule has 2 rings (SSSR count). The Morgan fingerprint density at radius 3 is 2.81 bits per heavy atom. The lowest BCUT2D eigenvalue weighted by molar-refractivity contribution is -0.0512. The van der Waals surface area contributed by atoms with Crippen LogP contribution in [0.15, 0.2) is 18.2 Å². The predicted molar refractivity (Wildman–Crippen MR) is 91.8 cm³/mol. The predicted octanol–water partition coefficient (Wildman–Crippen LogP) is 2.28. The molecule has 2 atom stereocenters. The van der Waals surface area contributed by atoms with Gasteiger partial charge in [-0.1, -0.05) is 6.07 Å². The van der Waals surface area contributed by atoms with Gasteiger partial charge in [0.05, 0.1) is 32.5 Å². The van der Waals surface area contributed by atoms with E-state index in [1.807, 2.05) is 11.9 Å². The van der Waals surface area contributed by atoms with E-state index in [0.717, 1.165) is 25.0 Å². The quantitative estimate of drug-likeness (QED) is 0.640. The summed E-state index contributed by atoms with van der Waals surface area (Å²) in [4.78, 5) is 1.92. The zero-order valence-electron chi connectivity index (χ0n) is 15.2. The van der Waals surface area contributed by atoms with Gasteiger partial charge in [0.25, 0.3) is 0 Å². The van der Waals surface area contributed by atoms with Gasteiger partial charge in [0, 0.05) is 19.7 Å². The van der Waals surface area contributed by atoms with Crippen molar-refractivity contribution >= 4 is 0 Å². The van der Waals surface area contributed by atoms with Gasteiger partial charge in [0.1, 0.15) is 0 Å². The standard InChI is InChI=1S/C18H27F2NO5/c1-21(10-14(22)11-24-12-15-4-3-7-25-15)9-13-5-6-16(26-18(19)20)17(8-13)23-2/h5-6,8,14-15,18,22H,3-4,7,9-12H2,1-2H3. The number of alkyl halides is 2. The number of hydrogen-bond acceptors (Lipinski definition) is 6. The van der Waals surface area contributed by atoms with E-state index in [2.05, 4.69) is 4.74 Å². The molecule has 1 aliphatic rings. The molecule has 0 aromatic heterocycles. The van der Waals surface area contributed by atoms with Crippen molar-refractivity contribution < 1.29 is 32.8 Å². The molecular weight excluding hydrogens is 348 g/mol. The zero-order valence-corrected chi connectivity index (χ0v) is 15.2. The first-order valence-electron chi connectivity index (χ1n) is 8.65. The number of nitrogens with zero attached hydrogens (tertiary/aromatic N) is 1. The molecule has 0 saturated carbocycles. The number of rotatable bonds is 11. The third-order valence-corrected chi connectivity index (χ3v) is 4.06. The van der Waals surface area contributed by atoms with Crippen molar-refractivity contribution in [2.75, 3.05) is 40.5 Å². The molecule has 1 aromatic carbocycles. The number of methoxy groups -OCH3 is 1. The second-order valence-corrected chi connectivity index (χ2v) is 6.39. The summed E-state index contributed by atoms with van der Waals surface area (Å²) in [5.74, 6) is 0.244. The molecule has 1 fully saturated rings. The Balaban J connectivity index is 1.76. The summed E-state index contributed by atoms with van der Waals surface area (Å²) in [7, 11) is 3.26. The average molecular weight is 375 g/mol. The molecule has 0 amide bonds. The minimum absolute atomic E-state index is 0.00327. The maximum absolute atomic E-state index is 12.4. The summed E-state index contributed by atoms with van der Waals surface area (Å²) < 4.78 is 45.2. The first-order chi connectivity index (χ1) is 12.5. The van der Waals surface area contributed by atoms with E-state index in [9.17, 15) is 13.9 Å². The Morgan fingerprint density at radius 2 is 2.15 bits per heavy atom. The molecule has 0 spiro atoms. The van der Waals surface area contributed by atoms with Crippen LogP contribution >= 0.6 is 0 Å². The van der Waals surface area contributed by atoms with Gasteiger partial charge in [-0.3, -0.25) is 4.90 Å². The Bertz CT molecular complexity index is 540. The first kappa shape index (κ1) is 20.8. The van der Waals surface area contributed by atoms with E-state index in [-0.39, 0.29) is 24.2 Å². The largest absolute Gasteiger partial charge is 0.493 e. The van der Waals surface area contributed by atoms with Crippen molar-refractivity contribution in [1.82, 2.24) is 4.90 Å². The number of aliphatic hydroxyl groups excluding tert-OH is 1. The van der Waals surface area contributed by atoms with E-state index in [1.54, 1.807) is 12.1 Å². The monoisotopic (exact) mass is 375 g/mol. The van der Waals surface area contributed by atoms with Gasteiger partial charge >= 0.3 is 6.61 Å². The van der Waals surface area contributed by atoms with Crippen LogP contribution in [0, 0.1) is 0 Å². The van der Waals surface area contributed by atoms with Crippen LogP contribution < -0.4 is 9.47 Å². The molecule has 26 heavy (non-hydrogen) atoms. The fourth-order valence-electron chi connectivity index (χ4n) is 2.90. The number of benzene rings is 1. The van der Waals surface area contributed by atoms with Crippen LogP contribution in [0.4, 0.5) is 8.78 Å². The molecule has 1 aromatic rings. The lowest BCUT2D eigenvalue weighted by atomic mass is 10.2. The molecule has 0 bridgehead atoms. The van der Waals surface area contributed by atoms with E-state index < -0.39 is 12.7 Å². The lowest BCUT2D eigenvalue weighted by Gasteiger charge is -2.21. The lowest BCUT2D eigenvalue weighted by Crippen LogP contribution is -2.32. The third-order valence-electron chi connectivity index (χ3n) is 4.06. The summed E-state index contributed by atoms with van der Waals surface area (Å²) >= 11 is 0. The smallest absolute Gasteiger partial charge is 0.387 e. The second-order valence-electron chi connectivity index (χ2n) is 6.39. The highest BCUT2D eigenvalue weighted by atomic mass is 19.3. The van der Waals surface area contributed by atoms with Crippen molar-refractivity contribution in [2.24, 2.45) is 0 Å². The minimum Gasteiger partial charge on any atom is -0.493 e. The number of aliphatic hydroxyl groups is 1. The molecule has 148 valence electrons. The highest BCUT2D eigenvalue weighted by molar-refractivity contribution is 5.42. The normalized spacial score (nSPS) is 18.5. The van der Waals surface area contributed by atoms with Gasteiger partial charge in [0.2, 0.25) is 0 Å². The van der Waals surface area contributed by atoms with Crippen molar-refractivity contribution in [3.63, 3.8) is 0 Å². The van der Waals surface area contributed by atoms with Gasteiger partial charge in [0.15, 0.2) is 11.5 Å². The number of likely N-dealkylation sites (N-methyl/N-ethyl adjacent to an activating group) is 1. The number of hydrogen-bond donors (Lipinski definition) is 1. The zero-order chi connectivity index (χ0) is 18.9. The van der Waals surface area contributed by atoms with Crippen molar-refractivity contribution in [1.29, 1.82) is 0 Å². The summed E-state index contributed by atoms with van der Waals surface area (Å²) in [6.07, 6.45) is 1.58. The van der Waals surface area contributed by atoms with Gasteiger partial charge in [-0.25, -0.2) is 0 Å². The third kappa shape index (κ3) is 7.03. The molecular formula is C18H27F2NO5. The summed E-state index contributed by atoms with van der Waals surface area (Å²) in [6.45, 7) is -0.429. The van der Waals surface area contributed by atoms with Crippen LogP contribution in [0.5, 0.6) is 11.5 Å². The molecule has 6 nitrogen and oxygen atoms in total. The molecule has 0 radical (unpaired) electrons. The van der Waals surface area contributed by atoms with Crippen molar-refractivity contribution in [3.8, 4) is 11.5 Å². The topological polar surface area (TPSA) is 60.4 Å². The summed E-state index contributed by atoms with van der Waals surface area (Å²) in [5.41, 5.74) is 0.860. The summed E-state index contributed by atoms with van der Waals surface area (Å²) in [6, 6.07) is 4.79. The van der Waals surface area contributed by atoms with E-state index in [4.69, 9.17) is 14.2 Å². The van der Waals surface area contributed by atoms with Gasteiger partial charge in [-0.2, -0.15) is 8.78 Å². The minimum atomic E-state index is -2.90. The average Bonchev–Trinajstić information content (AvgIpc) is 3.09. The van der Waals surface area contributed by atoms with E-state index in [0.29, 0.717) is 19.7 Å². The number of halogens is 2. The van der Waals surface area contributed by atoms with Crippen LogP contribution in [0.1, 0.15) is 18.4 Å². The van der Waals surface area contributed by atoms with Crippen molar-refractivity contribution in [2.45, 2.75) is 38.2 Å². The van der Waals surface area contributed by atoms with Crippen molar-refractivity contribution in [3.05, 3.63) is 23.8 Å². The summed E-state index contributed by atoms with van der Waals surface area (Å²) in [5, 5.41) is 10.1. The Morgan fingerprint density at radius 1 is 1.35 bits per heavy atom. The first-order valence-corrected chi connectivity index (χ1v) is 8.65. The van der Waals surface area contributed by atoms with Crippen LogP contribution in [-0.2, 0) is 16.0 Å². The Kier molecular flexibility index (Phi) is 8.50. The fourth-order valence-corrected chi connectivity index (χ4v) is 2.90. The highest BCUT2D eigenvalue weighted by Crippen LogP contribution is 2.29. The molecule has 2 unspecified atom stereocenters. The number of ether oxygens (including phenoxy) is 4. The fraction of sp³-hybridized carbons (Fsp3) is 0.667. The van der Waals surface area contributed by atoms with Gasteiger partial charge in [-0.15, -0.1) is 0 Å². The van der Waals surface area contributed by atoms with Gasteiger partial charge in [-0.05, 0) is 37.6 Å². The van der Waals surface area contributed by atoms with E-state index >= 15 is 0 Å². The molecule has 1 N–H and O–H groups in total. The molecule has 1 aliphatic heterocycles. The van der Waals surface area contributed by atoms with E-state index in [1.165, 1.54) is 13.2 Å². The maximum Gasteiger partial charge on any atom is 0.387 e. The van der Waals surface area contributed by atoms with Crippen LogP contribution in [0.2, 0.25) is 0 Å². The van der Waals surface area contributed by atoms with Crippen LogP contribution in [0.3, 0.4) is 0 Å². The SMILES string of the molecule is COc1cc(CN(C)CC(O)COCC2CCCO2)ccc1OC(F)F. The molecule has 8 heteroatoms. The second kappa shape index (κ2) is 10.6. The Labute approximate surface area is 152 Å². The Hall–Kier alpha value is -1.48. The molecule has 0 aliphatic carbocycles. The van der Waals surface area contributed by atoms with Crippen LogP contribution in [-0.4, -0.2) is 69.3 Å². The van der Waals surface area contributed by atoms with Crippen LogP contribution in [0.25, 0.3) is 0 Å². The maximum atomic E-state index is 12.4. The highest BCUT2D eigenvalue weighted by Gasteiger charge is 2.17. The molecule has 1 heterocycles. The van der Waals surface area contributed by atoms with Gasteiger partial charge < -0.3 is 24.1 Å².